The molecule has 0 radical (unpaired) electrons. The first-order valence-corrected chi connectivity index (χ1v) is 10.4. The molecule has 4 rings (SSSR count). The Hall–Kier alpha value is -3.60. The molecule has 3 aromatic carbocycles. The van der Waals surface area contributed by atoms with E-state index in [9.17, 15) is 9.59 Å². The Morgan fingerprint density at radius 3 is 2.39 bits per heavy atom. The Morgan fingerprint density at radius 1 is 0.968 bits per heavy atom. The van der Waals surface area contributed by atoms with Crippen molar-refractivity contribution in [2.45, 2.75) is 32.4 Å². The number of hydrogen-bond donors (Lipinski definition) is 0. The van der Waals surface area contributed by atoms with E-state index in [4.69, 9.17) is 4.74 Å². The van der Waals surface area contributed by atoms with Gasteiger partial charge in [-0.15, -0.1) is 0 Å². The Bertz CT molecular complexity index is 1100. The van der Waals surface area contributed by atoms with E-state index in [1.165, 1.54) is 0 Å². The molecule has 2 atom stereocenters. The van der Waals surface area contributed by atoms with Crippen LogP contribution in [0.1, 0.15) is 42.2 Å². The summed E-state index contributed by atoms with van der Waals surface area (Å²) < 4.78 is 5.43. The number of benzene rings is 3. The number of amides is 2. The highest BCUT2D eigenvalue weighted by Gasteiger charge is 2.38. The monoisotopic (exact) mass is 414 g/mol. The molecule has 0 saturated heterocycles. The van der Waals surface area contributed by atoms with Crippen molar-refractivity contribution in [3.63, 3.8) is 0 Å². The van der Waals surface area contributed by atoms with Crippen LogP contribution in [0, 0.1) is 0 Å². The van der Waals surface area contributed by atoms with Crippen LogP contribution in [0.15, 0.2) is 78.9 Å². The van der Waals surface area contributed by atoms with E-state index < -0.39 is 0 Å². The second-order valence-electron chi connectivity index (χ2n) is 7.79. The molecule has 1 aliphatic heterocycles. The average Bonchev–Trinajstić information content (AvgIpc) is 2.79. The van der Waals surface area contributed by atoms with Gasteiger partial charge in [0.1, 0.15) is 5.75 Å². The third-order valence-corrected chi connectivity index (χ3v) is 5.78. The van der Waals surface area contributed by atoms with E-state index >= 15 is 0 Å². The molecule has 3 aromatic rings. The molecule has 0 saturated carbocycles. The standard InChI is InChI=1S/C26H26N2O3/c1-18-16-25(23-14-7-8-15-24(23)27(18)19(2)29)28(21-12-9-13-22(17-21)31-3)26(30)20-10-5-4-6-11-20/h4-15,17-18,25H,16H2,1-3H3/t18-,25-/m1/s1. The lowest BCUT2D eigenvalue weighted by Gasteiger charge is -2.43. The molecule has 0 bridgehead atoms. The molecular formula is C26H26N2O3. The van der Waals surface area contributed by atoms with Gasteiger partial charge >= 0.3 is 0 Å². The Kier molecular flexibility index (Phi) is 5.76. The number of hydrogen-bond acceptors (Lipinski definition) is 3. The SMILES string of the molecule is COc1cccc(N(C(=O)c2ccccc2)[C@@H]2C[C@@H](C)N(C(C)=O)c3ccccc32)c1. The Labute approximate surface area is 182 Å². The molecular weight excluding hydrogens is 388 g/mol. The quantitative estimate of drug-likeness (QED) is 0.587. The predicted molar refractivity (Wildman–Crippen MR) is 123 cm³/mol. The molecule has 2 amide bonds. The molecule has 0 unspecified atom stereocenters. The second-order valence-corrected chi connectivity index (χ2v) is 7.79. The number of para-hydroxylation sites is 1. The lowest BCUT2D eigenvalue weighted by molar-refractivity contribution is -0.117. The van der Waals surface area contributed by atoms with Crippen molar-refractivity contribution in [2.24, 2.45) is 0 Å². The molecule has 0 fully saturated rings. The van der Waals surface area contributed by atoms with Gasteiger partial charge in [-0.1, -0.05) is 42.5 Å². The van der Waals surface area contributed by atoms with Crippen molar-refractivity contribution < 1.29 is 14.3 Å². The zero-order chi connectivity index (χ0) is 22.0. The molecule has 158 valence electrons. The van der Waals surface area contributed by atoms with Gasteiger partial charge in [0.05, 0.1) is 13.2 Å². The van der Waals surface area contributed by atoms with Crippen molar-refractivity contribution >= 4 is 23.2 Å². The normalized spacial score (nSPS) is 17.6. The number of carbonyl (C=O) groups is 2. The van der Waals surface area contributed by atoms with Crippen molar-refractivity contribution in [2.75, 3.05) is 16.9 Å². The zero-order valence-electron chi connectivity index (χ0n) is 18.0. The minimum absolute atomic E-state index is 0.000663. The maximum Gasteiger partial charge on any atom is 0.258 e. The summed E-state index contributed by atoms with van der Waals surface area (Å²) in [6, 6.07) is 24.4. The third-order valence-electron chi connectivity index (χ3n) is 5.78. The van der Waals surface area contributed by atoms with Crippen LogP contribution in [0.3, 0.4) is 0 Å². The third kappa shape index (κ3) is 3.91. The zero-order valence-corrected chi connectivity index (χ0v) is 18.0. The van der Waals surface area contributed by atoms with Crippen LogP contribution in [0.2, 0.25) is 0 Å². The minimum atomic E-state index is -0.221. The summed E-state index contributed by atoms with van der Waals surface area (Å²) >= 11 is 0. The smallest absolute Gasteiger partial charge is 0.258 e. The van der Waals surface area contributed by atoms with Crippen LogP contribution in [0.4, 0.5) is 11.4 Å². The predicted octanol–water partition coefficient (Wildman–Crippen LogP) is 5.23. The summed E-state index contributed by atoms with van der Waals surface area (Å²) in [5.74, 6) is 0.601. The van der Waals surface area contributed by atoms with Crippen LogP contribution in [0.25, 0.3) is 0 Å². The van der Waals surface area contributed by atoms with Crippen LogP contribution in [0.5, 0.6) is 5.75 Å². The molecule has 0 aliphatic carbocycles. The summed E-state index contributed by atoms with van der Waals surface area (Å²) in [4.78, 5) is 29.8. The van der Waals surface area contributed by atoms with Gasteiger partial charge in [0.2, 0.25) is 5.91 Å². The van der Waals surface area contributed by atoms with Gasteiger partial charge in [-0.25, -0.2) is 0 Å². The van der Waals surface area contributed by atoms with Gasteiger partial charge in [0.25, 0.3) is 5.91 Å². The maximum atomic E-state index is 13.8. The fourth-order valence-electron chi connectivity index (χ4n) is 4.42. The largest absolute Gasteiger partial charge is 0.497 e. The highest BCUT2D eigenvalue weighted by molar-refractivity contribution is 6.07. The topological polar surface area (TPSA) is 49.9 Å². The summed E-state index contributed by atoms with van der Waals surface area (Å²) in [6.45, 7) is 3.61. The second kappa shape index (κ2) is 8.64. The lowest BCUT2D eigenvalue weighted by atomic mass is 9.89. The van der Waals surface area contributed by atoms with E-state index in [1.807, 2.05) is 95.6 Å². The number of methoxy groups -OCH3 is 1. The van der Waals surface area contributed by atoms with Crippen molar-refractivity contribution in [3.05, 3.63) is 90.0 Å². The van der Waals surface area contributed by atoms with Gasteiger partial charge < -0.3 is 14.5 Å². The molecule has 0 spiro atoms. The van der Waals surface area contributed by atoms with Gasteiger partial charge in [-0.3, -0.25) is 9.59 Å². The molecule has 0 aromatic heterocycles. The van der Waals surface area contributed by atoms with E-state index in [0.717, 1.165) is 16.9 Å². The fraction of sp³-hybridized carbons (Fsp3) is 0.231. The molecule has 31 heavy (non-hydrogen) atoms. The number of nitrogens with zero attached hydrogens (tertiary/aromatic N) is 2. The van der Waals surface area contributed by atoms with Gasteiger partial charge in [-0.05, 0) is 49.2 Å². The van der Waals surface area contributed by atoms with Crippen LogP contribution >= 0.6 is 0 Å². The maximum absolute atomic E-state index is 13.8. The molecule has 1 aliphatic rings. The van der Waals surface area contributed by atoms with Crippen LogP contribution in [-0.2, 0) is 4.79 Å². The lowest BCUT2D eigenvalue weighted by Crippen LogP contribution is -2.47. The van der Waals surface area contributed by atoms with E-state index in [1.54, 1.807) is 14.0 Å². The summed E-state index contributed by atoms with van der Waals surface area (Å²) in [5.41, 5.74) is 3.19. The van der Waals surface area contributed by atoms with E-state index in [0.29, 0.717) is 17.7 Å². The number of anilines is 2. The molecule has 5 nitrogen and oxygen atoms in total. The molecule has 0 N–H and O–H groups in total. The fourth-order valence-corrected chi connectivity index (χ4v) is 4.42. The van der Waals surface area contributed by atoms with Crippen molar-refractivity contribution in [1.82, 2.24) is 0 Å². The summed E-state index contributed by atoms with van der Waals surface area (Å²) in [5, 5.41) is 0. The first kappa shape index (κ1) is 20.7. The number of fused-ring (bicyclic) bond motifs is 1. The first-order chi connectivity index (χ1) is 15.0. The highest BCUT2D eigenvalue weighted by Crippen LogP contribution is 2.43. The van der Waals surface area contributed by atoms with Gasteiger partial charge in [0.15, 0.2) is 0 Å². The van der Waals surface area contributed by atoms with Crippen molar-refractivity contribution in [3.8, 4) is 5.75 Å². The van der Waals surface area contributed by atoms with E-state index in [2.05, 4.69) is 0 Å². The molecule has 5 heteroatoms. The average molecular weight is 415 g/mol. The van der Waals surface area contributed by atoms with Crippen LogP contribution < -0.4 is 14.5 Å². The van der Waals surface area contributed by atoms with E-state index in [-0.39, 0.29) is 23.9 Å². The molecule has 1 heterocycles. The Balaban J connectivity index is 1.88. The highest BCUT2D eigenvalue weighted by atomic mass is 16.5. The minimum Gasteiger partial charge on any atom is -0.497 e. The summed E-state index contributed by atoms with van der Waals surface area (Å²) in [7, 11) is 1.62. The Morgan fingerprint density at radius 2 is 1.68 bits per heavy atom. The first-order valence-electron chi connectivity index (χ1n) is 10.4. The van der Waals surface area contributed by atoms with Gasteiger partial charge in [-0.2, -0.15) is 0 Å². The number of carbonyl (C=O) groups excluding carboxylic acids is 2. The summed E-state index contributed by atoms with van der Waals surface area (Å²) in [6.07, 6.45) is 0.631. The van der Waals surface area contributed by atoms with Crippen LogP contribution in [-0.4, -0.2) is 25.0 Å². The van der Waals surface area contributed by atoms with Crippen molar-refractivity contribution in [1.29, 1.82) is 0 Å². The van der Waals surface area contributed by atoms with Gasteiger partial charge in [0, 0.05) is 36.0 Å². The number of rotatable bonds is 4. The number of ether oxygens (including phenoxy) is 1.